The highest BCUT2D eigenvalue weighted by Crippen LogP contribution is 2.42. The van der Waals surface area contributed by atoms with Gasteiger partial charge in [0.2, 0.25) is 5.91 Å². The van der Waals surface area contributed by atoms with E-state index >= 15 is 0 Å². The quantitative estimate of drug-likeness (QED) is 0.927. The molecule has 1 aliphatic carbocycles. The molecule has 20 heavy (non-hydrogen) atoms. The summed E-state index contributed by atoms with van der Waals surface area (Å²) in [6, 6.07) is 4.77. The number of aliphatic carboxylic acids is 1. The van der Waals surface area contributed by atoms with Crippen LogP contribution in [0.15, 0.2) is 18.2 Å². The molecule has 1 aliphatic rings. The lowest BCUT2D eigenvalue weighted by molar-refractivity contribution is -0.159. The zero-order valence-corrected chi connectivity index (χ0v) is 12.7. The van der Waals surface area contributed by atoms with Crippen molar-refractivity contribution in [3.8, 4) is 0 Å². The van der Waals surface area contributed by atoms with Crippen molar-refractivity contribution in [2.75, 3.05) is 0 Å². The monoisotopic (exact) mass is 315 g/mol. The summed E-state index contributed by atoms with van der Waals surface area (Å²) in [6.45, 7) is 2.87. The largest absolute Gasteiger partial charge is 0.479 e. The molecular weight excluding hydrogens is 301 g/mol. The standard InChI is InChI=1S/C14H15Cl2NO3/c1-8(18)17(9-6-7-9)14(2,13(19)20)10-4-3-5-11(15)12(10)16/h3-5,9H,6-7H2,1-2H3,(H,19,20). The summed E-state index contributed by atoms with van der Waals surface area (Å²) in [4.78, 5) is 25.2. The maximum atomic E-state index is 11.9. The minimum Gasteiger partial charge on any atom is -0.479 e. The zero-order chi connectivity index (χ0) is 15.1. The fraction of sp³-hybridized carbons (Fsp3) is 0.429. The average Bonchev–Trinajstić information content (AvgIpc) is 3.16. The molecule has 1 N–H and O–H groups in total. The van der Waals surface area contributed by atoms with Gasteiger partial charge in [0.1, 0.15) is 0 Å². The van der Waals surface area contributed by atoms with Crippen LogP contribution in [0.4, 0.5) is 0 Å². The number of hydrogen-bond acceptors (Lipinski definition) is 2. The first-order chi connectivity index (χ1) is 9.30. The van der Waals surface area contributed by atoms with Crippen molar-refractivity contribution in [3.05, 3.63) is 33.8 Å². The number of rotatable bonds is 4. The molecule has 1 unspecified atom stereocenters. The first-order valence-electron chi connectivity index (χ1n) is 6.28. The maximum Gasteiger partial charge on any atom is 0.334 e. The van der Waals surface area contributed by atoms with Crippen LogP contribution in [0.1, 0.15) is 32.3 Å². The lowest BCUT2D eigenvalue weighted by Crippen LogP contribution is -2.53. The van der Waals surface area contributed by atoms with Crippen LogP contribution in [0.5, 0.6) is 0 Å². The zero-order valence-electron chi connectivity index (χ0n) is 11.2. The van der Waals surface area contributed by atoms with Gasteiger partial charge in [0.05, 0.1) is 10.0 Å². The Labute approximate surface area is 127 Å². The van der Waals surface area contributed by atoms with Crippen molar-refractivity contribution >= 4 is 35.1 Å². The Morgan fingerprint density at radius 2 is 1.95 bits per heavy atom. The van der Waals surface area contributed by atoms with Crippen LogP contribution >= 0.6 is 23.2 Å². The number of carboxylic acid groups (broad SMARTS) is 1. The van der Waals surface area contributed by atoms with Gasteiger partial charge in [0, 0.05) is 18.5 Å². The Bertz CT molecular complexity index is 572. The summed E-state index contributed by atoms with van der Waals surface area (Å²) in [6.07, 6.45) is 1.61. The smallest absolute Gasteiger partial charge is 0.334 e. The summed E-state index contributed by atoms with van der Waals surface area (Å²) < 4.78 is 0. The molecule has 108 valence electrons. The summed E-state index contributed by atoms with van der Waals surface area (Å²) in [7, 11) is 0. The lowest BCUT2D eigenvalue weighted by Gasteiger charge is -2.38. The molecule has 0 saturated heterocycles. The predicted molar refractivity (Wildman–Crippen MR) is 77.0 cm³/mol. The van der Waals surface area contributed by atoms with Gasteiger partial charge in [-0.25, -0.2) is 4.79 Å². The van der Waals surface area contributed by atoms with E-state index < -0.39 is 11.5 Å². The molecule has 0 spiro atoms. The van der Waals surface area contributed by atoms with E-state index in [0.29, 0.717) is 5.56 Å². The Hall–Kier alpha value is -1.26. The Kier molecular flexibility index (Phi) is 3.98. The van der Waals surface area contributed by atoms with Crippen molar-refractivity contribution in [2.24, 2.45) is 0 Å². The summed E-state index contributed by atoms with van der Waals surface area (Å²) in [5, 5.41) is 10.1. The predicted octanol–water partition coefficient (Wildman–Crippen LogP) is 3.30. The Morgan fingerprint density at radius 1 is 1.35 bits per heavy atom. The molecule has 1 atom stereocenters. The van der Waals surface area contributed by atoms with Gasteiger partial charge in [0.15, 0.2) is 5.54 Å². The second-order valence-electron chi connectivity index (χ2n) is 5.10. The van der Waals surface area contributed by atoms with Gasteiger partial charge in [-0.1, -0.05) is 35.3 Å². The molecule has 0 aliphatic heterocycles. The molecule has 2 rings (SSSR count). The number of nitrogens with zero attached hydrogens (tertiary/aromatic N) is 1. The van der Waals surface area contributed by atoms with Crippen molar-refractivity contribution in [1.29, 1.82) is 0 Å². The topological polar surface area (TPSA) is 57.6 Å². The van der Waals surface area contributed by atoms with Crippen molar-refractivity contribution in [2.45, 2.75) is 38.3 Å². The molecule has 4 nitrogen and oxygen atoms in total. The van der Waals surface area contributed by atoms with Crippen molar-refractivity contribution in [1.82, 2.24) is 4.90 Å². The van der Waals surface area contributed by atoms with Crippen LogP contribution < -0.4 is 0 Å². The normalized spacial score (nSPS) is 17.4. The minimum absolute atomic E-state index is 0.0522. The van der Waals surface area contributed by atoms with Crippen LogP contribution in [-0.4, -0.2) is 27.9 Å². The van der Waals surface area contributed by atoms with Gasteiger partial charge in [-0.3, -0.25) is 4.79 Å². The molecule has 1 saturated carbocycles. The van der Waals surface area contributed by atoms with Crippen LogP contribution in [0.2, 0.25) is 10.0 Å². The molecule has 0 radical (unpaired) electrons. The third kappa shape index (κ3) is 2.38. The fourth-order valence-electron chi connectivity index (χ4n) is 2.50. The lowest BCUT2D eigenvalue weighted by atomic mass is 9.89. The molecule has 0 bridgehead atoms. The SMILES string of the molecule is CC(=O)N(C1CC1)C(C)(C(=O)O)c1cccc(Cl)c1Cl. The van der Waals surface area contributed by atoms with Gasteiger partial charge < -0.3 is 10.0 Å². The summed E-state index contributed by atoms with van der Waals surface area (Å²) in [5.41, 5.74) is -1.18. The van der Waals surface area contributed by atoms with Crippen molar-refractivity contribution < 1.29 is 14.7 Å². The number of carbonyl (C=O) groups is 2. The van der Waals surface area contributed by atoms with E-state index in [4.69, 9.17) is 23.2 Å². The first kappa shape index (κ1) is 15.1. The second-order valence-corrected chi connectivity index (χ2v) is 5.88. The molecule has 0 aromatic heterocycles. The Balaban J connectivity index is 2.62. The molecule has 1 fully saturated rings. The van der Waals surface area contributed by atoms with E-state index in [-0.39, 0.29) is 22.0 Å². The van der Waals surface area contributed by atoms with Crippen LogP contribution in [-0.2, 0) is 15.1 Å². The number of benzene rings is 1. The maximum absolute atomic E-state index is 11.9. The first-order valence-corrected chi connectivity index (χ1v) is 7.03. The van der Waals surface area contributed by atoms with E-state index in [2.05, 4.69) is 0 Å². The Morgan fingerprint density at radius 3 is 2.40 bits per heavy atom. The number of carbonyl (C=O) groups excluding carboxylic acids is 1. The summed E-state index contributed by atoms with van der Waals surface area (Å²) in [5.74, 6) is -1.41. The third-order valence-electron chi connectivity index (χ3n) is 3.63. The van der Waals surface area contributed by atoms with E-state index in [0.717, 1.165) is 12.8 Å². The highest BCUT2D eigenvalue weighted by molar-refractivity contribution is 6.42. The van der Waals surface area contributed by atoms with Gasteiger partial charge in [-0.05, 0) is 25.8 Å². The average molecular weight is 316 g/mol. The summed E-state index contributed by atoms with van der Waals surface area (Å²) >= 11 is 12.1. The van der Waals surface area contributed by atoms with Crippen LogP contribution in [0.3, 0.4) is 0 Å². The van der Waals surface area contributed by atoms with E-state index in [9.17, 15) is 14.7 Å². The van der Waals surface area contributed by atoms with E-state index in [1.807, 2.05) is 0 Å². The van der Waals surface area contributed by atoms with Crippen LogP contribution in [0, 0.1) is 0 Å². The molecule has 6 heteroatoms. The van der Waals surface area contributed by atoms with Gasteiger partial charge in [-0.2, -0.15) is 0 Å². The van der Waals surface area contributed by atoms with Crippen molar-refractivity contribution in [3.63, 3.8) is 0 Å². The molecule has 0 heterocycles. The van der Waals surface area contributed by atoms with Gasteiger partial charge in [-0.15, -0.1) is 0 Å². The third-order valence-corrected chi connectivity index (χ3v) is 4.44. The van der Waals surface area contributed by atoms with Crippen LogP contribution in [0.25, 0.3) is 0 Å². The van der Waals surface area contributed by atoms with E-state index in [1.165, 1.54) is 18.7 Å². The number of amides is 1. The highest BCUT2D eigenvalue weighted by Gasteiger charge is 2.50. The van der Waals surface area contributed by atoms with E-state index in [1.54, 1.807) is 18.2 Å². The fourth-order valence-corrected chi connectivity index (χ4v) is 2.98. The molecule has 1 aromatic carbocycles. The highest BCUT2D eigenvalue weighted by atomic mass is 35.5. The molecule has 1 amide bonds. The molecular formula is C14H15Cl2NO3. The second kappa shape index (κ2) is 5.26. The van der Waals surface area contributed by atoms with Gasteiger partial charge in [0.25, 0.3) is 0 Å². The minimum atomic E-state index is -1.52. The van der Waals surface area contributed by atoms with Gasteiger partial charge >= 0.3 is 5.97 Å². The number of carboxylic acids is 1. The number of hydrogen-bond donors (Lipinski definition) is 1. The number of halogens is 2. The molecule has 1 aromatic rings.